The maximum atomic E-state index is 14.8. The molecule has 33 heavy (non-hydrogen) atoms. The van der Waals surface area contributed by atoms with Crippen molar-refractivity contribution in [2.75, 3.05) is 20.8 Å². The summed E-state index contributed by atoms with van der Waals surface area (Å²) < 4.78 is 31.1. The summed E-state index contributed by atoms with van der Waals surface area (Å²) in [5.74, 6) is 0.804. The van der Waals surface area contributed by atoms with Gasteiger partial charge in [0.2, 0.25) is 5.91 Å². The number of hydrogen-bond donors (Lipinski definition) is 1. The fourth-order valence-electron chi connectivity index (χ4n) is 3.92. The molecule has 0 fully saturated rings. The second-order valence-electron chi connectivity index (χ2n) is 8.01. The van der Waals surface area contributed by atoms with E-state index in [1.165, 1.54) is 6.07 Å². The molecule has 8 heteroatoms. The minimum atomic E-state index is -0.440. The molecule has 1 aliphatic rings. The topological polar surface area (TPSA) is 82.6 Å². The Kier molecular flexibility index (Phi) is 6.44. The molecule has 0 aliphatic carbocycles. The zero-order chi connectivity index (χ0) is 23.5. The molecule has 1 aliphatic heterocycles. The van der Waals surface area contributed by atoms with Gasteiger partial charge in [-0.3, -0.25) is 9.78 Å². The average Bonchev–Trinajstić information content (AvgIpc) is 3.23. The smallest absolute Gasteiger partial charge is 0.224 e. The van der Waals surface area contributed by atoms with Gasteiger partial charge in [0.1, 0.15) is 6.10 Å². The largest absolute Gasteiger partial charge is 0.493 e. The van der Waals surface area contributed by atoms with E-state index in [1.54, 1.807) is 32.5 Å². The van der Waals surface area contributed by atoms with E-state index in [2.05, 4.69) is 15.3 Å². The molecule has 1 N–H and O–H groups in total. The summed E-state index contributed by atoms with van der Waals surface area (Å²) in [5.41, 5.74) is 4.38. The van der Waals surface area contributed by atoms with Crippen molar-refractivity contribution in [2.45, 2.75) is 32.8 Å². The van der Waals surface area contributed by atoms with Crippen molar-refractivity contribution >= 4 is 5.91 Å². The normalized spacial score (nSPS) is 14.4. The maximum absolute atomic E-state index is 14.8. The highest BCUT2D eigenvalue weighted by Gasteiger charge is 2.27. The molecule has 0 bridgehead atoms. The highest BCUT2D eigenvalue weighted by Crippen LogP contribution is 2.36. The number of methoxy groups -OCH3 is 2. The highest BCUT2D eigenvalue weighted by atomic mass is 19.1. The van der Waals surface area contributed by atoms with Crippen LogP contribution in [0.1, 0.15) is 22.5 Å². The number of aryl methyl sites for hydroxylation is 2. The van der Waals surface area contributed by atoms with Crippen LogP contribution in [0.5, 0.6) is 17.2 Å². The molecular weight excluding hydrogens is 425 g/mol. The van der Waals surface area contributed by atoms with Crippen LogP contribution in [0.3, 0.4) is 0 Å². The summed E-state index contributed by atoms with van der Waals surface area (Å²) in [6, 6.07) is 8.66. The third-order valence-corrected chi connectivity index (χ3v) is 5.54. The van der Waals surface area contributed by atoms with Gasteiger partial charge in [-0.1, -0.05) is 6.07 Å². The molecule has 0 radical (unpaired) electrons. The number of benzene rings is 2. The van der Waals surface area contributed by atoms with Crippen molar-refractivity contribution < 1.29 is 23.4 Å². The Balaban J connectivity index is 1.40. The van der Waals surface area contributed by atoms with Crippen molar-refractivity contribution in [3.8, 4) is 28.5 Å². The number of halogens is 1. The van der Waals surface area contributed by atoms with Crippen molar-refractivity contribution in [1.82, 2.24) is 15.3 Å². The van der Waals surface area contributed by atoms with Crippen LogP contribution in [0, 0.1) is 19.7 Å². The summed E-state index contributed by atoms with van der Waals surface area (Å²) in [6.07, 6.45) is 2.02. The van der Waals surface area contributed by atoms with Gasteiger partial charge in [-0.25, -0.2) is 9.37 Å². The average molecular weight is 451 g/mol. The van der Waals surface area contributed by atoms with Crippen LogP contribution >= 0.6 is 0 Å². The van der Waals surface area contributed by atoms with Crippen molar-refractivity contribution in [3.05, 3.63) is 64.9 Å². The predicted molar refractivity (Wildman–Crippen MR) is 121 cm³/mol. The highest BCUT2D eigenvalue weighted by molar-refractivity contribution is 5.78. The predicted octanol–water partition coefficient (Wildman–Crippen LogP) is 3.58. The Bertz CT molecular complexity index is 1200. The fourth-order valence-corrected chi connectivity index (χ4v) is 3.92. The number of carbonyl (C=O) groups is 1. The van der Waals surface area contributed by atoms with Crippen molar-refractivity contribution in [1.29, 1.82) is 0 Å². The molecule has 0 saturated carbocycles. The lowest BCUT2D eigenvalue weighted by molar-refractivity contribution is -0.120. The second kappa shape index (κ2) is 9.44. The number of carbonyl (C=O) groups excluding carboxylic acids is 1. The van der Waals surface area contributed by atoms with Crippen LogP contribution < -0.4 is 19.5 Å². The monoisotopic (exact) mass is 451 g/mol. The summed E-state index contributed by atoms with van der Waals surface area (Å²) in [6.45, 7) is 3.97. The van der Waals surface area contributed by atoms with Gasteiger partial charge in [0, 0.05) is 23.7 Å². The van der Waals surface area contributed by atoms with E-state index in [9.17, 15) is 9.18 Å². The first-order valence-electron chi connectivity index (χ1n) is 10.6. The first-order valence-corrected chi connectivity index (χ1v) is 10.6. The van der Waals surface area contributed by atoms with Gasteiger partial charge in [-0.05, 0) is 43.7 Å². The molecule has 2 aromatic carbocycles. The van der Waals surface area contributed by atoms with Gasteiger partial charge < -0.3 is 19.5 Å². The summed E-state index contributed by atoms with van der Waals surface area (Å²) in [4.78, 5) is 21.3. The molecule has 3 aromatic rings. The molecule has 1 amide bonds. The minimum Gasteiger partial charge on any atom is -0.493 e. The van der Waals surface area contributed by atoms with Crippen LogP contribution in [0.4, 0.5) is 4.39 Å². The standard InChI is InChI=1S/C25H26FN3O4/c1-14-12-27-15(2)24(29-14)17-9-18-10-19(33-25(18)20(26)11-17)13-28-23(30)8-16-5-6-21(31-3)22(7-16)32-4/h5-7,9,11-12,19H,8,10,13H2,1-4H3,(H,28,30). The molecule has 0 spiro atoms. The lowest BCUT2D eigenvalue weighted by atomic mass is 10.0. The second-order valence-corrected chi connectivity index (χ2v) is 8.01. The zero-order valence-corrected chi connectivity index (χ0v) is 19.1. The van der Waals surface area contributed by atoms with Crippen molar-refractivity contribution in [2.24, 2.45) is 0 Å². The minimum absolute atomic E-state index is 0.159. The number of ether oxygens (including phenoxy) is 3. The number of aromatic nitrogens is 2. The summed E-state index contributed by atoms with van der Waals surface area (Å²) in [7, 11) is 3.11. The molecule has 1 unspecified atom stereocenters. The molecule has 4 rings (SSSR count). The molecule has 1 atom stereocenters. The van der Waals surface area contributed by atoms with Gasteiger partial charge in [0.25, 0.3) is 0 Å². The number of fused-ring (bicyclic) bond motifs is 1. The molecule has 1 aromatic heterocycles. The SMILES string of the molecule is COc1ccc(CC(=O)NCC2Cc3cc(-c4nc(C)cnc4C)cc(F)c3O2)cc1OC. The summed E-state index contributed by atoms with van der Waals surface area (Å²) >= 11 is 0. The molecule has 7 nitrogen and oxygen atoms in total. The van der Waals surface area contributed by atoms with Gasteiger partial charge in [0.15, 0.2) is 23.1 Å². The van der Waals surface area contributed by atoms with Crippen LogP contribution in [0.15, 0.2) is 36.5 Å². The Morgan fingerprint density at radius 1 is 1.18 bits per heavy atom. The van der Waals surface area contributed by atoms with Crippen LogP contribution in [0.2, 0.25) is 0 Å². The lowest BCUT2D eigenvalue weighted by Crippen LogP contribution is -2.35. The fraction of sp³-hybridized carbons (Fsp3) is 0.320. The third-order valence-electron chi connectivity index (χ3n) is 5.54. The Hall–Kier alpha value is -3.68. The summed E-state index contributed by atoms with van der Waals surface area (Å²) in [5, 5.41) is 2.88. The van der Waals surface area contributed by atoms with E-state index in [-0.39, 0.29) is 30.7 Å². The third kappa shape index (κ3) is 4.89. The first kappa shape index (κ1) is 22.5. The quantitative estimate of drug-likeness (QED) is 0.591. The zero-order valence-electron chi connectivity index (χ0n) is 19.1. The number of amides is 1. The number of nitrogens with zero attached hydrogens (tertiary/aromatic N) is 2. The van der Waals surface area contributed by atoms with Crippen LogP contribution in [0.25, 0.3) is 11.3 Å². The van der Waals surface area contributed by atoms with Crippen LogP contribution in [-0.4, -0.2) is 42.7 Å². The Morgan fingerprint density at radius 2 is 1.97 bits per heavy atom. The first-order chi connectivity index (χ1) is 15.9. The number of hydrogen-bond acceptors (Lipinski definition) is 6. The van der Waals surface area contributed by atoms with Gasteiger partial charge in [0.05, 0.1) is 44.3 Å². The van der Waals surface area contributed by atoms with E-state index in [0.717, 1.165) is 22.5 Å². The number of nitrogens with one attached hydrogen (secondary N) is 1. The molecule has 172 valence electrons. The van der Waals surface area contributed by atoms with Gasteiger partial charge in [-0.2, -0.15) is 0 Å². The molecule has 0 saturated heterocycles. The van der Waals surface area contributed by atoms with Gasteiger partial charge in [-0.15, -0.1) is 0 Å². The number of rotatable bonds is 7. The Morgan fingerprint density at radius 3 is 2.73 bits per heavy atom. The van der Waals surface area contributed by atoms with Gasteiger partial charge >= 0.3 is 0 Å². The maximum Gasteiger partial charge on any atom is 0.224 e. The van der Waals surface area contributed by atoms with E-state index in [1.807, 2.05) is 26.0 Å². The molecular formula is C25H26FN3O4. The van der Waals surface area contributed by atoms with Crippen molar-refractivity contribution in [3.63, 3.8) is 0 Å². The Labute approximate surface area is 191 Å². The van der Waals surface area contributed by atoms with E-state index in [4.69, 9.17) is 14.2 Å². The molecule has 2 heterocycles. The lowest BCUT2D eigenvalue weighted by Gasteiger charge is -2.13. The van der Waals surface area contributed by atoms with E-state index >= 15 is 0 Å². The van der Waals surface area contributed by atoms with E-state index in [0.29, 0.717) is 29.2 Å². The van der Waals surface area contributed by atoms with Crippen LogP contribution in [-0.2, 0) is 17.6 Å². The van der Waals surface area contributed by atoms with E-state index < -0.39 is 5.82 Å².